The fourth-order valence-electron chi connectivity index (χ4n) is 2.34. The lowest BCUT2D eigenvalue weighted by Crippen LogP contribution is -2.43. The van der Waals surface area contributed by atoms with Gasteiger partial charge in [-0.25, -0.2) is 8.42 Å². The highest BCUT2D eigenvalue weighted by molar-refractivity contribution is 7.92. The van der Waals surface area contributed by atoms with Crippen LogP contribution in [0.15, 0.2) is 53.4 Å². The van der Waals surface area contributed by atoms with Gasteiger partial charge in [0, 0.05) is 17.3 Å². The number of nitrogens with zero attached hydrogens (tertiary/aromatic N) is 1. The van der Waals surface area contributed by atoms with Gasteiger partial charge in [0.1, 0.15) is 5.69 Å². The Morgan fingerprint density at radius 3 is 2.32 bits per heavy atom. The molecule has 0 fully saturated rings. The van der Waals surface area contributed by atoms with Crippen LogP contribution in [-0.4, -0.2) is 31.3 Å². The Hall–Kier alpha value is -3.14. The average molecular weight is 406 g/mol. The summed E-state index contributed by atoms with van der Waals surface area (Å²) in [6.45, 7) is 5.25. The van der Waals surface area contributed by atoms with Gasteiger partial charge in [-0.05, 0) is 45.0 Å². The van der Waals surface area contributed by atoms with E-state index in [9.17, 15) is 23.3 Å². The van der Waals surface area contributed by atoms with Crippen molar-refractivity contribution in [3.8, 4) is 0 Å². The molecule has 0 saturated carbocycles. The van der Waals surface area contributed by atoms with Crippen molar-refractivity contribution in [3.63, 3.8) is 0 Å². The minimum absolute atomic E-state index is 0.0488. The molecule has 0 saturated heterocycles. The van der Waals surface area contributed by atoms with Crippen LogP contribution in [0.25, 0.3) is 0 Å². The van der Waals surface area contributed by atoms with Crippen LogP contribution in [0, 0.1) is 10.1 Å². The van der Waals surface area contributed by atoms with Crippen LogP contribution in [0.5, 0.6) is 0 Å². The Morgan fingerprint density at radius 1 is 1.11 bits per heavy atom. The Labute approximate surface area is 163 Å². The van der Waals surface area contributed by atoms with Crippen LogP contribution >= 0.6 is 0 Å². The molecule has 0 heterocycles. The van der Waals surface area contributed by atoms with E-state index in [2.05, 4.69) is 15.4 Å². The Morgan fingerprint density at radius 2 is 1.75 bits per heavy atom. The molecule has 0 bridgehead atoms. The normalized spacial score (nSPS) is 11.5. The van der Waals surface area contributed by atoms with E-state index in [1.807, 2.05) is 20.8 Å². The summed E-state index contributed by atoms with van der Waals surface area (Å²) in [6, 6.07) is 11.6. The average Bonchev–Trinajstić information content (AvgIpc) is 2.58. The number of carbonyl (C=O) groups is 1. The molecule has 2 rings (SSSR count). The van der Waals surface area contributed by atoms with Crippen LogP contribution in [0.3, 0.4) is 0 Å². The van der Waals surface area contributed by atoms with Gasteiger partial charge in [-0.2, -0.15) is 0 Å². The Balaban J connectivity index is 2.22. The molecule has 0 aliphatic rings. The lowest BCUT2D eigenvalue weighted by Gasteiger charge is -2.20. The van der Waals surface area contributed by atoms with E-state index >= 15 is 0 Å². The predicted molar refractivity (Wildman–Crippen MR) is 107 cm³/mol. The first-order valence-corrected chi connectivity index (χ1v) is 9.87. The number of anilines is 2. The van der Waals surface area contributed by atoms with E-state index in [-0.39, 0.29) is 23.0 Å². The highest BCUT2D eigenvalue weighted by Gasteiger charge is 2.22. The van der Waals surface area contributed by atoms with Crippen LogP contribution in [0.4, 0.5) is 17.1 Å². The van der Waals surface area contributed by atoms with Crippen LogP contribution in [-0.2, 0) is 14.8 Å². The first kappa shape index (κ1) is 21.2. The molecule has 0 radical (unpaired) electrons. The number of para-hydroxylation sites is 1. The van der Waals surface area contributed by atoms with Gasteiger partial charge in [0.25, 0.3) is 15.7 Å². The number of carbonyl (C=O) groups excluding carboxylic acids is 1. The molecule has 28 heavy (non-hydrogen) atoms. The minimum Gasteiger partial charge on any atom is -0.371 e. The number of rotatable bonds is 7. The van der Waals surface area contributed by atoms with Crippen molar-refractivity contribution in [1.82, 2.24) is 5.32 Å². The summed E-state index contributed by atoms with van der Waals surface area (Å²) in [6.07, 6.45) is 0. The van der Waals surface area contributed by atoms with Crippen molar-refractivity contribution >= 4 is 33.0 Å². The van der Waals surface area contributed by atoms with Crippen LogP contribution in [0.2, 0.25) is 0 Å². The lowest BCUT2D eigenvalue weighted by molar-refractivity contribution is -0.384. The lowest BCUT2D eigenvalue weighted by atomic mass is 10.1. The van der Waals surface area contributed by atoms with Gasteiger partial charge in [-0.15, -0.1) is 0 Å². The van der Waals surface area contributed by atoms with E-state index in [0.29, 0.717) is 5.69 Å². The first-order valence-electron chi connectivity index (χ1n) is 8.39. The molecule has 0 aliphatic carbocycles. The standard InChI is InChI=1S/C18H22N4O5S/c1-18(2,3)20-17(23)12-19-15-10-9-14(11-16(15)22(24)25)28(26,27)21-13-7-5-4-6-8-13/h4-11,19,21H,12H2,1-3H3,(H,20,23). The van der Waals surface area contributed by atoms with Gasteiger partial charge < -0.3 is 10.6 Å². The molecule has 9 nitrogen and oxygen atoms in total. The smallest absolute Gasteiger partial charge is 0.293 e. The molecule has 0 aliphatic heterocycles. The number of sulfonamides is 1. The summed E-state index contributed by atoms with van der Waals surface area (Å²) in [5, 5.41) is 16.8. The van der Waals surface area contributed by atoms with E-state index < -0.39 is 26.2 Å². The second kappa shape index (κ2) is 8.26. The summed E-state index contributed by atoms with van der Waals surface area (Å²) in [7, 11) is -4.00. The van der Waals surface area contributed by atoms with E-state index in [4.69, 9.17) is 0 Å². The zero-order valence-corrected chi connectivity index (χ0v) is 16.5. The number of amides is 1. The summed E-state index contributed by atoms with van der Waals surface area (Å²) < 4.78 is 27.3. The maximum absolute atomic E-state index is 12.5. The number of benzene rings is 2. The van der Waals surface area contributed by atoms with Gasteiger partial charge in [-0.1, -0.05) is 18.2 Å². The highest BCUT2D eigenvalue weighted by atomic mass is 32.2. The highest BCUT2D eigenvalue weighted by Crippen LogP contribution is 2.28. The van der Waals surface area contributed by atoms with Gasteiger partial charge >= 0.3 is 0 Å². The minimum atomic E-state index is -4.00. The van der Waals surface area contributed by atoms with Crippen molar-refractivity contribution in [2.45, 2.75) is 31.2 Å². The SMILES string of the molecule is CC(C)(C)NC(=O)CNc1ccc(S(=O)(=O)Nc2ccccc2)cc1[N+](=O)[O-]. The molecule has 10 heteroatoms. The first-order chi connectivity index (χ1) is 13.0. The van der Waals surface area contributed by atoms with E-state index in [0.717, 1.165) is 6.07 Å². The third-order valence-corrected chi connectivity index (χ3v) is 4.83. The molecule has 0 unspecified atom stereocenters. The van der Waals surface area contributed by atoms with E-state index in [1.165, 1.54) is 12.1 Å². The topological polar surface area (TPSA) is 130 Å². The zero-order valence-electron chi connectivity index (χ0n) is 15.7. The number of hydrogen-bond acceptors (Lipinski definition) is 6. The fourth-order valence-corrected chi connectivity index (χ4v) is 3.42. The predicted octanol–water partition coefficient (Wildman–Crippen LogP) is 2.72. The van der Waals surface area contributed by atoms with Crippen LogP contribution in [0.1, 0.15) is 20.8 Å². The summed E-state index contributed by atoms with van der Waals surface area (Å²) >= 11 is 0. The molecule has 2 aromatic rings. The Bertz CT molecular complexity index is 969. The van der Waals surface area contributed by atoms with Gasteiger partial charge in [0.2, 0.25) is 5.91 Å². The van der Waals surface area contributed by atoms with Gasteiger partial charge in [0.15, 0.2) is 0 Å². The van der Waals surface area contributed by atoms with Crippen molar-refractivity contribution in [2.24, 2.45) is 0 Å². The number of hydrogen-bond donors (Lipinski definition) is 3. The fraction of sp³-hybridized carbons (Fsp3) is 0.278. The maximum atomic E-state index is 12.5. The van der Waals surface area contributed by atoms with Crippen molar-refractivity contribution in [2.75, 3.05) is 16.6 Å². The number of nitrogens with one attached hydrogen (secondary N) is 3. The zero-order chi connectivity index (χ0) is 20.9. The molecule has 0 atom stereocenters. The second-order valence-corrected chi connectivity index (χ2v) is 8.74. The second-order valence-electron chi connectivity index (χ2n) is 7.06. The third kappa shape index (κ3) is 5.95. The molecule has 1 amide bonds. The third-order valence-electron chi connectivity index (χ3n) is 3.46. The monoisotopic (exact) mass is 406 g/mol. The van der Waals surface area contributed by atoms with Crippen LogP contribution < -0.4 is 15.4 Å². The summed E-state index contributed by atoms with van der Waals surface area (Å²) in [5.41, 5.74) is -0.496. The molecule has 0 spiro atoms. The van der Waals surface area contributed by atoms with E-state index in [1.54, 1.807) is 30.3 Å². The van der Waals surface area contributed by atoms with Gasteiger partial charge in [-0.3, -0.25) is 19.6 Å². The summed E-state index contributed by atoms with van der Waals surface area (Å²) in [4.78, 5) is 22.3. The Kier molecular flexibility index (Phi) is 6.24. The molecular weight excluding hydrogens is 384 g/mol. The number of nitro benzene ring substituents is 1. The van der Waals surface area contributed by atoms with Crippen molar-refractivity contribution in [3.05, 3.63) is 58.6 Å². The van der Waals surface area contributed by atoms with Crippen molar-refractivity contribution < 1.29 is 18.1 Å². The maximum Gasteiger partial charge on any atom is 0.293 e. The summed E-state index contributed by atoms with van der Waals surface area (Å²) in [5.74, 6) is -0.343. The molecular formula is C18H22N4O5S. The quantitative estimate of drug-likeness (QED) is 0.479. The van der Waals surface area contributed by atoms with Gasteiger partial charge in [0.05, 0.1) is 16.4 Å². The number of nitro groups is 1. The molecule has 150 valence electrons. The largest absolute Gasteiger partial charge is 0.371 e. The van der Waals surface area contributed by atoms with Crippen molar-refractivity contribution in [1.29, 1.82) is 0 Å². The molecule has 0 aromatic heterocycles. The molecule has 2 aromatic carbocycles. The molecule has 3 N–H and O–H groups in total.